The number of rotatable bonds is 4. The fraction of sp³-hybridized carbons (Fsp3) is 0.167. The molecule has 2 N–H and O–H groups in total. The quantitative estimate of drug-likeness (QED) is 0.773. The Morgan fingerprint density at radius 3 is 2.29 bits per heavy atom. The van der Waals surface area contributed by atoms with Crippen molar-refractivity contribution in [1.29, 1.82) is 0 Å². The molecule has 106 valence electrons. The van der Waals surface area contributed by atoms with Crippen LogP contribution in [0.15, 0.2) is 60.0 Å². The van der Waals surface area contributed by atoms with Crippen LogP contribution in [0.5, 0.6) is 0 Å². The number of aromatic nitrogens is 1. The van der Waals surface area contributed by atoms with E-state index in [0.717, 1.165) is 22.7 Å². The zero-order valence-electron chi connectivity index (χ0n) is 12.0. The number of thiazole rings is 1. The molecule has 0 amide bonds. The Hall–Kier alpha value is -1.97. The van der Waals surface area contributed by atoms with E-state index in [0.29, 0.717) is 0 Å². The fourth-order valence-electron chi connectivity index (χ4n) is 2.25. The first-order valence-electron chi connectivity index (χ1n) is 7.06. The van der Waals surface area contributed by atoms with Crippen molar-refractivity contribution in [3.8, 4) is 11.3 Å². The molecule has 0 saturated carbocycles. The number of hydrogen-bond acceptors (Lipinski definition) is 3. The maximum Gasteiger partial charge on any atom is 0.110 e. The summed E-state index contributed by atoms with van der Waals surface area (Å²) in [6, 6.07) is 19.1. The van der Waals surface area contributed by atoms with Crippen molar-refractivity contribution in [3.05, 3.63) is 76.1 Å². The zero-order valence-corrected chi connectivity index (χ0v) is 12.8. The summed E-state index contributed by atoms with van der Waals surface area (Å²) in [7, 11) is 0. The summed E-state index contributed by atoms with van der Waals surface area (Å²) in [6.45, 7) is 1.96. The SMILES string of the molecule is CC(N)c1nc(-c2ccc(Cc3ccccc3)cc2)cs1. The van der Waals surface area contributed by atoms with Gasteiger partial charge >= 0.3 is 0 Å². The molecule has 0 aliphatic rings. The van der Waals surface area contributed by atoms with Gasteiger partial charge in [0.05, 0.1) is 11.7 Å². The number of nitrogens with zero attached hydrogens (tertiary/aromatic N) is 1. The van der Waals surface area contributed by atoms with E-state index in [-0.39, 0.29) is 6.04 Å². The van der Waals surface area contributed by atoms with Gasteiger partial charge in [-0.05, 0) is 24.5 Å². The lowest BCUT2D eigenvalue weighted by Gasteiger charge is -2.03. The number of benzene rings is 2. The molecule has 0 fully saturated rings. The summed E-state index contributed by atoms with van der Waals surface area (Å²) in [5.74, 6) is 0. The van der Waals surface area contributed by atoms with E-state index in [9.17, 15) is 0 Å². The highest BCUT2D eigenvalue weighted by molar-refractivity contribution is 7.10. The largest absolute Gasteiger partial charge is 0.322 e. The molecule has 3 rings (SSSR count). The van der Waals surface area contributed by atoms with Crippen LogP contribution in [0.1, 0.15) is 29.1 Å². The van der Waals surface area contributed by atoms with Gasteiger partial charge in [-0.25, -0.2) is 4.98 Å². The van der Waals surface area contributed by atoms with E-state index in [1.54, 1.807) is 11.3 Å². The molecule has 3 heteroatoms. The molecule has 0 saturated heterocycles. The van der Waals surface area contributed by atoms with Crippen molar-refractivity contribution in [1.82, 2.24) is 4.98 Å². The fourth-order valence-corrected chi connectivity index (χ4v) is 3.04. The zero-order chi connectivity index (χ0) is 14.7. The van der Waals surface area contributed by atoms with Crippen LogP contribution in [-0.4, -0.2) is 4.98 Å². The van der Waals surface area contributed by atoms with Crippen LogP contribution < -0.4 is 5.73 Å². The van der Waals surface area contributed by atoms with Gasteiger partial charge in [-0.2, -0.15) is 0 Å². The van der Waals surface area contributed by atoms with Crippen molar-refractivity contribution in [2.45, 2.75) is 19.4 Å². The second-order valence-corrected chi connectivity index (χ2v) is 6.11. The highest BCUT2D eigenvalue weighted by Gasteiger charge is 2.07. The van der Waals surface area contributed by atoms with Crippen molar-refractivity contribution in [2.24, 2.45) is 5.73 Å². The first-order chi connectivity index (χ1) is 10.2. The lowest BCUT2D eigenvalue weighted by molar-refractivity contribution is 0.808. The van der Waals surface area contributed by atoms with E-state index in [2.05, 4.69) is 58.9 Å². The monoisotopic (exact) mass is 294 g/mol. The first kappa shape index (κ1) is 14.0. The molecule has 1 unspecified atom stereocenters. The molecule has 0 radical (unpaired) electrons. The van der Waals surface area contributed by atoms with Crippen molar-refractivity contribution in [2.75, 3.05) is 0 Å². The van der Waals surface area contributed by atoms with Gasteiger partial charge in [-0.3, -0.25) is 0 Å². The van der Waals surface area contributed by atoms with E-state index in [1.165, 1.54) is 11.1 Å². The Morgan fingerprint density at radius 2 is 1.67 bits per heavy atom. The average Bonchev–Trinajstić information content (AvgIpc) is 2.99. The summed E-state index contributed by atoms with van der Waals surface area (Å²) in [5.41, 5.74) is 10.7. The molecule has 2 nitrogen and oxygen atoms in total. The van der Waals surface area contributed by atoms with Crippen molar-refractivity contribution >= 4 is 11.3 Å². The topological polar surface area (TPSA) is 38.9 Å². The molecule has 3 aromatic rings. The van der Waals surface area contributed by atoms with Gasteiger partial charge in [0, 0.05) is 10.9 Å². The van der Waals surface area contributed by atoms with Gasteiger partial charge in [-0.15, -0.1) is 11.3 Å². The van der Waals surface area contributed by atoms with Crippen LogP contribution in [0, 0.1) is 0 Å². The molecule has 2 aromatic carbocycles. The number of nitrogens with two attached hydrogens (primary N) is 1. The summed E-state index contributed by atoms with van der Waals surface area (Å²) in [6.07, 6.45) is 0.962. The van der Waals surface area contributed by atoms with Crippen LogP contribution in [0.25, 0.3) is 11.3 Å². The van der Waals surface area contributed by atoms with Crippen LogP contribution >= 0.6 is 11.3 Å². The molecule has 0 aliphatic carbocycles. The van der Waals surface area contributed by atoms with E-state index in [4.69, 9.17) is 5.73 Å². The number of hydrogen-bond donors (Lipinski definition) is 1. The molecule has 0 bridgehead atoms. The Balaban J connectivity index is 1.77. The highest BCUT2D eigenvalue weighted by atomic mass is 32.1. The second-order valence-electron chi connectivity index (χ2n) is 5.22. The third kappa shape index (κ3) is 3.38. The van der Waals surface area contributed by atoms with Crippen LogP contribution in [0.3, 0.4) is 0 Å². The van der Waals surface area contributed by atoms with Crippen LogP contribution in [0.4, 0.5) is 0 Å². The third-order valence-electron chi connectivity index (χ3n) is 3.41. The van der Waals surface area contributed by atoms with Gasteiger partial charge in [-0.1, -0.05) is 54.6 Å². The smallest absolute Gasteiger partial charge is 0.110 e. The average molecular weight is 294 g/mol. The van der Waals surface area contributed by atoms with Gasteiger partial charge in [0.25, 0.3) is 0 Å². The molecule has 1 aromatic heterocycles. The Kier molecular flexibility index (Phi) is 4.13. The highest BCUT2D eigenvalue weighted by Crippen LogP contribution is 2.25. The molecular formula is C18H18N2S. The standard InChI is InChI=1S/C18H18N2S/c1-13(19)18-20-17(12-21-18)16-9-7-15(8-10-16)11-14-5-3-2-4-6-14/h2-10,12-13H,11,19H2,1H3. The molecule has 1 heterocycles. The second kappa shape index (κ2) is 6.20. The maximum absolute atomic E-state index is 5.86. The lowest BCUT2D eigenvalue weighted by Crippen LogP contribution is -2.03. The predicted molar refractivity (Wildman–Crippen MR) is 89.4 cm³/mol. The normalized spacial score (nSPS) is 12.3. The van der Waals surface area contributed by atoms with Crippen molar-refractivity contribution < 1.29 is 0 Å². The van der Waals surface area contributed by atoms with Gasteiger partial charge in [0.2, 0.25) is 0 Å². The lowest BCUT2D eigenvalue weighted by atomic mass is 10.0. The minimum atomic E-state index is 0.00102. The maximum atomic E-state index is 5.86. The minimum absolute atomic E-state index is 0.00102. The predicted octanol–water partition coefficient (Wildman–Crippen LogP) is 4.42. The van der Waals surface area contributed by atoms with Crippen LogP contribution in [-0.2, 0) is 6.42 Å². The Labute approximate surface area is 129 Å². The first-order valence-corrected chi connectivity index (χ1v) is 7.94. The van der Waals surface area contributed by atoms with E-state index >= 15 is 0 Å². The van der Waals surface area contributed by atoms with E-state index < -0.39 is 0 Å². The summed E-state index contributed by atoms with van der Waals surface area (Å²) >= 11 is 1.62. The van der Waals surface area contributed by atoms with Gasteiger partial charge in [0.15, 0.2) is 0 Å². The molecule has 0 aliphatic heterocycles. The van der Waals surface area contributed by atoms with Crippen molar-refractivity contribution in [3.63, 3.8) is 0 Å². The van der Waals surface area contributed by atoms with Gasteiger partial charge < -0.3 is 5.73 Å². The minimum Gasteiger partial charge on any atom is -0.322 e. The molecule has 21 heavy (non-hydrogen) atoms. The van der Waals surface area contributed by atoms with Gasteiger partial charge in [0.1, 0.15) is 5.01 Å². The molecule has 0 spiro atoms. The summed E-state index contributed by atoms with van der Waals surface area (Å²) in [4.78, 5) is 4.59. The van der Waals surface area contributed by atoms with Crippen LogP contribution in [0.2, 0.25) is 0 Å². The molecule has 1 atom stereocenters. The third-order valence-corrected chi connectivity index (χ3v) is 4.46. The molecular weight excluding hydrogens is 276 g/mol. The Morgan fingerprint density at radius 1 is 1.00 bits per heavy atom. The van der Waals surface area contributed by atoms with E-state index in [1.807, 2.05) is 13.0 Å². The summed E-state index contributed by atoms with van der Waals surface area (Å²) < 4.78 is 0. The summed E-state index contributed by atoms with van der Waals surface area (Å²) in [5, 5.41) is 3.06. The Bertz CT molecular complexity index is 700.